The Hall–Kier alpha value is -4.74. The second-order valence-corrected chi connectivity index (χ2v) is 9.24. The quantitative estimate of drug-likeness (QED) is 0.338. The predicted molar refractivity (Wildman–Crippen MR) is 148 cm³/mol. The smallest absolute Gasteiger partial charge is 0.407 e. The zero-order valence-corrected chi connectivity index (χ0v) is 22.6. The molecule has 3 amide bonds. The number of aromatic nitrogens is 4. The normalized spacial score (nSPS) is 11.7. The minimum absolute atomic E-state index is 0.0421. The molecule has 1 unspecified atom stereocenters. The topological polar surface area (TPSA) is 151 Å². The van der Waals surface area contributed by atoms with Crippen molar-refractivity contribution in [2.45, 2.75) is 39.3 Å². The summed E-state index contributed by atoms with van der Waals surface area (Å²) in [5, 5.41) is 5.07. The maximum absolute atomic E-state index is 13.2. The number of pyridine rings is 2. The van der Waals surface area contributed by atoms with Crippen molar-refractivity contribution in [2.75, 3.05) is 26.5 Å². The highest BCUT2D eigenvalue weighted by Gasteiger charge is 2.22. The summed E-state index contributed by atoms with van der Waals surface area (Å²) in [6.07, 6.45) is 7.94. The summed E-state index contributed by atoms with van der Waals surface area (Å²) in [6, 6.07) is 3.93. The van der Waals surface area contributed by atoms with Crippen LogP contribution in [0.4, 0.5) is 10.5 Å². The molecular weight excluding hydrogens is 502 g/mol. The van der Waals surface area contributed by atoms with Gasteiger partial charge in [0.25, 0.3) is 5.56 Å². The van der Waals surface area contributed by atoms with Crippen molar-refractivity contribution in [3.63, 3.8) is 0 Å². The van der Waals surface area contributed by atoms with E-state index >= 15 is 0 Å². The molecule has 0 saturated carbocycles. The first-order valence-corrected chi connectivity index (χ1v) is 12.3. The SMILES string of the molecule is COC(=O)NC(CCC=CC(=O)N(C)C)C(=O)Nc1cccn(Cc2nc3c(C=C(C)C)nccc3[nH]2)c1=O. The average molecular weight is 536 g/mol. The van der Waals surface area contributed by atoms with Crippen molar-refractivity contribution in [1.82, 2.24) is 29.7 Å². The molecule has 0 aromatic carbocycles. The predicted octanol–water partition coefficient (Wildman–Crippen LogP) is 2.68. The highest BCUT2D eigenvalue weighted by Crippen LogP contribution is 2.17. The van der Waals surface area contributed by atoms with E-state index in [4.69, 9.17) is 0 Å². The summed E-state index contributed by atoms with van der Waals surface area (Å²) in [5.41, 5.74) is 2.90. The Morgan fingerprint density at radius 1 is 1.23 bits per heavy atom. The third-order valence-corrected chi connectivity index (χ3v) is 5.62. The van der Waals surface area contributed by atoms with Crippen molar-refractivity contribution in [2.24, 2.45) is 0 Å². The number of hydrogen-bond acceptors (Lipinski definition) is 7. The van der Waals surface area contributed by atoms with Crippen LogP contribution in [0.2, 0.25) is 0 Å². The van der Waals surface area contributed by atoms with Crippen LogP contribution in [-0.2, 0) is 20.9 Å². The van der Waals surface area contributed by atoms with E-state index < -0.39 is 23.6 Å². The van der Waals surface area contributed by atoms with Gasteiger partial charge in [-0.2, -0.15) is 0 Å². The molecule has 3 heterocycles. The van der Waals surface area contributed by atoms with Gasteiger partial charge in [-0.15, -0.1) is 0 Å². The van der Waals surface area contributed by atoms with Crippen LogP contribution in [0.5, 0.6) is 0 Å². The fourth-order valence-electron chi connectivity index (χ4n) is 3.66. The summed E-state index contributed by atoms with van der Waals surface area (Å²) in [4.78, 5) is 63.3. The first kappa shape index (κ1) is 28.8. The van der Waals surface area contributed by atoms with E-state index in [0.29, 0.717) is 17.8 Å². The van der Waals surface area contributed by atoms with E-state index in [2.05, 4.69) is 30.3 Å². The van der Waals surface area contributed by atoms with E-state index in [0.717, 1.165) is 16.8 Å². The fourth-order valence-corrected chi connectivity index (χ4v) is 3.66. The number of rotatable bonds is 10. The second kappa shape index (κ2) is 13.2. The minimum atomic E-state index is -0.999. The van der Waals surface area contributed by atoms with Crippen LogP contribution in [0.1, 0.15) is 38.2 Å². The van der Waals surface area contributed by atoms with Gasteiger partial charge in [0.15, 0.2) is 0 Å². The van der Waals surface area contributed by atoms with Gasteiger partial charge < -0.3 is 29.8 Å². The van der Waals surface area contributed by atoms with Gasteiger partial charge in [-0.1, -0.05) is 11.6 Å². The number of methoxy groups -OCH3 is 1. The molecule has 0 aliphatic heterocycles. The number of amides is 3. The number of nitrogens with zero attached hydrogens (tertiary/aromatic N) is 4. The maximum atomic E-state index is 13.2. The lowest BCUT2D eigenvalue weighted by molar-refractivity contribution is -0.123. The van der Waals surface area contributed by atoms with E-state index in [-0.39, 0.29) is 24.6 Å². The zero-order valence-electron chi connectivity index (χ0n) is 22.6. The molecule has 0 aliphatic carbocycles. The van der Waals surface area contributed by atoms with Gasteiger partial charge in [0.2, 0.25) is 11.8 Å². The number of hydrogen-bond donors (Lipinski definition) is 3. The van der Waals surface area contributed by atoms with Crippen LogP contribution in [0.3, 0.4) is 0 Å². The Balaban J connectivity index is 1.77. The standard InChI is InChI=1S/C27H33N7O5/c1-17(2)15-21-24-18(12-13-28-21)29-22(32-24)16-34-14-8-10-20(26(34)37)30-25(36)19(31-27(38)39-5)9-6-7-11-23(35)33(3)4/h7-8,10-15,19H,6,9,16H2,1-5H3,(H,29,32)(H,30,36)(H,31,38). The molecule has 3 N–H and O–H groups in total. The lowest BCUT2D eigenvalue weighted by atomic mass is 10.1. The van der Waals surface area contributed by atoms with Crippen molar-refractivity contribution < 1.29 is 19.1 Å². The number of ether oxygens (including phenoxy) is 1. The third-order valence-electron chi connectivity index (χ3n) is 5.62. The second-order valence-electron chi connectivity index (χ2n) is 9.24. The molecule has 206 valence electrons. The molecule has 0 aliphatic rings. The summed E-state index contributed by atoms with van der Waals surface area (Å²) in [6.45, 7) is 4.09. The number of aromatic amines is 1. The molecule has 3 aromatic rings. The number of allylic oxidation sites excluding steroid dienone is 2. The van der Waals surface area contributed by atoms with Crippen molar-refractivity contribution in [1.29, 1.82) is 0 Å². The summed E-state index contributed by atoms with van der Waals surface area (Å²) >= 11 is 0. The van der Waals surface area contributed by atoms with E-state index in [9.17, 15) is 19.2 Å². The van der Waals surface area contributed by atoms with Crippen molar-refractivity contribution in [3.8, 4) is 0 Å². The molecule has 3 rings (SSSR count). The van der Waals surface area contributed by atoms with Gasteiger partial charge in [-0.05, 0) is 57.0 Å². The Morgan fingerprint density at radius 2 is 2.00 bits per heavy atom. The number of likely N-dealkylation sites (N-methyl/N-ethyl adjacent to an activating group) is 1. The summed E-state index contributed by atoms with van der Waals surface area (Å²) in [7, 11) is 4.44. The lowest BCUT2D eigenvalue weighted by Crippen LogP contribution is -2.44. The number of H-pyrrole nitrogens is 1. The van der Waals surface area contributed by atoms with Crippen LogP contribution in [0.15, 0.2) is 53.1 Å². The monoisotopic (exact) mass is 535 g/mol. The number of fused-ring (bicyclic) bond motifs is 1. The molecule has 12 heteroatoms. The number of alkyl carbamates (subject to hydrolysis) is 1. The highest BCUT2D eigenvalue weighted by atomic mass is 16.5. The largest absolute Gasteiger partial charge is 0.453 e. The first-order chi connectivity index (χ1) is 18.6. The van der Waals surface area contributed by atoms with E-state index in [1.54, 1.807) is 38.6 Å². The maximum Gasteiger partial charge on any atom is 0.407 e. The summed E-state index contributed by atoms with van der Waals surface area (Å²) < 4.78 is 6.04. The lowest BCUT2D eigenvalue weighted by Gasteiger charge is -2.17. The number of carbonyl (C=O) groups excluding carboxylic acids is 3. The van der Waals surface area contributed by atoms with Crippen LogP contribution in [0.25, 0.3) is 17.1 Å². The Labute approximate surface area is 225 Å². The molecule has 3 aromatic heterocycles. The van der Waals surface area contributed by atoms with Gasteiger partial charge in [0, 0.05) is 26.5 Å². The molecule has 1 atom stereocenters. The average Bonchev–Trinajstić information content (AvgIpc) is 3.31. The van der Waals surface area contributed by atoms with Crippen LogP contribution >= 0.6 is 0 Å². The summed E-state index contributed by atoms with van der Waals surface area (Å²) in [5.74, 6) is -0.240. The fraction of sp³-hybridized carbons (Fsp3) is 0.333. The molecule has 39 heavy (non-hydrogen) atoms. The Bertz CT molecular complexity index is 1460. The third kappa shape index (κ3) is 7.87. The molecule has 0 fully saturated rings. The van der Waals surface area contributed by atoms with E-state index in [1.807, 2.05) is 26.0 Å². The number of carbonyl (C=O) groups is 3. The molecule has 0 radical (unpaired) electrons. The van der Waals surface area contributed by atoms with Gasteiger partial charge in [0.1, 0.15) is 23.1 Å². The first-order valence-electron chi connectivity index (χ1n) is 12.3. The zero-order chi connectivity index (χ0) is 28.5. The Kier molecular flexibility index (Phi) is 9.74. The molecule has 12 nitrogen and oxygen atoms in total. The minimum Gasteiger partial charge on any atom is -0.453 e. The van der Waals surface area contributed by atoms with Crippen LogP contribution in [-0.4, -0.2) is 69.6 Å². The van der Waals surface area contributed by atoms with E-state index in [1.165, 1.54) is 28.7 Å². The highest BCUT2D eigenvalue weighted by molar-refractivity contribution is 5.96. The molecule has 0 saturated heterocycles. The van der Waals surface area contributed by atoms with Gasteiger partial charge >= 0.3 is 6.09 Å². The van der Waals surface area contributed by atoms with Gasteiger partial charge in [-0.25, -0.2) is 9.78 Å². The van der Waals surface area contributed by atoms with Crippen LogP contribution < -0.4 is 16.2 Å². The molecule has 0 bridgehead atoms. The Morgan fingerprint density at radius 3 is 2.69 bits per heavy atom. The van der Waals surface area contributed by atoms with Gasteiger partial charge in [-0.3, -0.25) is 19.4 Å². The number of imidazole rings is 1. The number of anilines is 1. The van der Waals surface area contributed by atoms with Crippen LogP contribution in [0, 0.1) is 0 Å². The van der Waals surface area contributed by atoms with Crippen molar-refractivity contribution in [3.05, 3.63) is 70.2 Å². The molecule has 0 spiro atoms. The number of nitrogens with one attached hydrogen (secondary N) is 3. The van der Waals surface area contributed by atoms with Gasteiger partial charge in [0.05, 0.1) is 24.9 Å². The molecular formula is C27H33N7O5. The van der Waals surface area contributed by atoms with Crippen molar-refractivity contribution >= 4 is 40.7 Å².